The molecule has 166 valence electrons. The van der Waals surface area contributed by atoms with Crippen LogP contribution in [0.3, 0.4) is 0 Å². The minimum atomic E-state index is -4.59. The Morgan fingerprint density at radius 1 is 1.32 bits per heavy atom. The van der Waals surface area contributed by atoms with Crippen molar-refractivity contribution in [2.75, 3.05) is 13.7 Å². The molecule has 2 aromatic rings. The minimum Gasteiger partial charge on any atom is -0.463 e. The number of nitrogens with zero attached hydrogens (tertiary/aromatic N) is 3. The molecule has 1 heterocycles. The highest BCUT2D eigenvalue weighted by Gasteiger charge is 2.39. The molecule has 11 heteroatoms. The summed E-state index contributed by atoms with van der Waals surface area (Å²) in [6, 6.07) is 6.20. The Hall–Kier alpha value is -2.88. The van der Waals surface area contributed by atoms with Gasteiger partial charge in [0.05, 0.1) is 18.5 Å². The maximum Gasteiger partial charge on any atom is 0.425 e. The van der Waals surface area contributed by atoms with Crippen LogP contribution in [0.25, 0.3) is 11.3 Å². The summed E-state index contributed by atoms with van der Waals surface area (Å²) in [6.45, 7) is 1.03. The van der Waals surface area contributed by atoms with Crippen LogP contribution in [0.5, 0.6) is 5.88 Å². The Kier molecular flexibility index (Phi) is 6.99. The molecule has 1 N–H and O–H groups in total. The van der Waals surface area contributed by atoms with E-state index in [2.05, 4.69) is 20.4 Å². The van der Waals surface area contributed by atoms with Crippen molar-refractivity contribution < 1.29 is 27.5 Å². The zero-order valence-corrected chi connectivity index (χ0v) is 17.5. The number of hydrogen-bond donors (Lipinski definition) is 1. The van der Waals surface area contributed by atoms with Crippen LogP contribution in [0.4, 0.5) is 13.2 Å². The number of amides is 1. The summed E-state index contributed by atoms with van der Waals surface area (Å²) in [5.41, 5.74) is 1.02. The van der Waals surface area contributed by atoms with Gasteiger partial charge < -0.3 is 14.9 Å². The molecular weight excluding hydrogens is 437 g/mol. The van der Waals surface area contributed by atoms with Gasteiger partial charge in [-0.25, -0.2) is 9.97 Å². The highest BCUT2D eigenvalue weighted by atomic mass is 35.5. The molecule has 31 heavy (non-hydrogen) atoms. The molecule has 0 bridgehead atoms. The van der Waals surface area contributed by atoms with Crippen molar-refractivity contribution in [3.05, 3.63) is 41.2 Å². The van der Waals surface area contributed by atoms with E-state index in [1.807, 2.05) is 0 Å². The molecule has 1 amide bonds. The number of nitrogens with one attached hydrogen (secondary N) is 1. The molecule has 1 unspecified atom stereocenters. The first-order chi connectivity index (χ1) is 14.7. The van der Waals surface area contributed by atoms with Crippen LogP contribution in [0, 0.1) is 5.92 Å². The quantitative estimate of drug-likeness (QED) is 0.473. The SMILES string of the molecule is CO/N=C(\CNC(=O)c1cnc(OC(C)C(F)(F)F)c(-c2ccc(Cl)cc2)n1)C1CC1. The van der Waals surface area contributed by atoms with Gasteiger partial charge >= 0.3 is 6.18 Å². The molecule has 1 aromatic heterocycles. The van der Waals surface area contributed by atoms with Gasteiger partial charge in [0.2, 0.25) is 5.88 Å². The van der Waals surface area contributed by atoms with Gasteiger partial charge in [-0.15, -0.1) is 0 Å². The zero-order valence-electron chi connectivity index (χ0n) is 16.7. The number of carbonyl (C=O) groups is 1. The largest absolute Gasteiger partial charge is 0.463 e. The van der Waals surface area contributed by atoms with Gasteiger partial charge in [0, 0.05) is 16.5 Å². The van der Waals surface area contributed by atoms with Crippen molar-refractivity contribution in [1.82, 2.24) is 15.3 Å². The van der Waals surface area contributed by atoms with Crippen LogP contribution in [0.15, 0.2) is 35.6 Å². The van der Waals surface area contributed by atoms with E-state index in [9.17, 15) is 18.0 Å². The van der Waals surface area contributed by atoms with Crippen LogP contribution in [-0.2, 0) is 4.84 Å². The summed E-state index contributed by atoms with van der Waals surface area (Å²) >= 11 is 5.89. The van der Waals surface area contributed by atoms with Crippen LogP contribution >= 0.6 is 11.6 Å². The first kappa shape index (κ1) is 22.8. The van der Waals surface area contributed by atoms with E-state index in [0.717, 1.165) is 26.0 Å². The monoisotopic (exact) mass is 456 g/mol. The van der Waals surface area contributed by atoms with E-state index in [0.29, 0.717) is 16.3 Å². The van der Waals surface area contributed by atoms with E-state index >= 15 is 0 Å². The Bertz CT molecular complexity index is 963. The van der Waals surface area contributed by atoms with E-state index in [1.54, 1.807) is 24.3 Å². The molecule has 0 saturated heterocycles. The first-order valence-electron chi connectivity index (χ1n) is 9.43. The number of rotatable bonds is 8. The lowest BCUT2D eigenvalue weighted by Crippen LogP contribution is -2.32. The highest BCUT2D eigenvalue weighted by molar-refractivity contribution is 6.30. The predicted molar refractivity (Wildman–Crippen MR) is 108 cm³/mol. The van der Waals surface area contributed by atoms with Crippen molar-refractivity contribution >= 4 is 23.2 Å². The average Bonchev–Trinajstić information content (AvgIpc) is 3.56. The summed E-state index contributed by atoms with van der Waals surface area (Å²) in [7, 11) is 1.43. The van der Waals surface area contributed by atoms with E-state index in [1.165, 1.54) is 7.11 Å². The minimum absolute atomic E-state index is 0.00612. The fraction of sp³-hybridized carbons (Fsp3) is 0.400. The fourth-order valence-corrected chi connectivity index (χ4v) is 2.78. The van der Waals surface area contributed by atoms with Crippen molar-refractivity contribution in [3.63, 3.8) is 0 Å². The molecule has 0 aliphatic heterocycles. The van der Waals surface area contributed by atoms with Gasteiger partial charge in [-0.05, 0) is 31.9 Å². The second-order valence-corrected chi connectivity index (χ2v) is 7.38. The molecule has 1 atom stereocenters. The molecular formula is C20H20ClF3N4O3. The number of aromatic nitrogens is 2. The normalized spacial score (nSPS) is 15.4. The number of hydrogen-bond acceptors (Lipinski definition) is 6. The van der Waals surface area contributed by atoms with E-state index in [4.69, 9.17) is 21.2 Å². The third kappa shape index (κ3) is 6.06. The van der Waals surface area contributed by atoms with Crippen LogP contribution in [-0.4, -0.2) is 47.5 Å². The topological polar surface area (TPSA) is 85.7 Å². The molecule has 7 nitrogen and oxygen atoms in total. The summed E-state index contributed by atoms with van der Waals surface area (Å²) in [5.74, 6) is -0.624. The third-order valence-electron chi connectivity index (χ3n) is 4.53. The molecule has 1 aliphatic carbocycles. The lowest BCUT2D eigenvalue weighted by Gasteiger charge is -2.19. The molecule has 3 rings (SSSR count). The number of ether oxygens (including phenoxy) is 1. The second-order valence-electron chi connectivity index (χ2n) is 6.94. The van der Waals surface area contributed by atoms with E-state index < -0.39 is 18.2 Å². The standard InChI is InChI=1S/C20H20ClF3N4O3/c1-11(20(22,23)24)31-19-17(13-5-7-14(21)8-6-13)27-16(10-26-19)18(29)25-9-15(28-30-2)12-3-4-12/h5-8,10-12H,3-4,9H2,1-2H3,(H,25,29)/b28-15+. The number of carbonyl (C=O) groups excluding carboxylic acids is 1. The maximum atomic E-state index is 13.0. The maximum absolute atomic E-state index is 13.0. The average molecular weight is 457 g/mol. The van der Waals surface area contributed by atoms with Gasteiger partial charge in [-0.1, -0.05) is 28.9 Å². The predicted octanol–water partition coefficient (Wildman–Crippen LogP) is 4.27. The highest BCUT2D eigenvalue weighted by Crippen LogP contribution is 2.32. The Morgan fingerprint density at radius 2 is 2.00 bits per heavy atom. The van der Waals surface area contributed by atoms with Gasteiger partial charge in [0.15, 0.2) is 6.10 Å². The molecule has 0 radical (unpaired) electrons. The summed E-state index contributed by atoms with van der Waals surface area (Å²) in [4.78, 5) is 25.5. The third-order valence-corrected chi connectivity index (χ3v) is 4.78. The number of oxime groups is 1. The van der Waals surface area contributed by atoms with Crippen LogP contribution in [0.1, 0.15) is 30.3 Å². The Balaban J connectivity index is 1.86. The van der Waals surface area contributed by atoms with E-state index in [-0.39, 0.29) is 29.7 Å². The summed E-state index contributed by atoms with van der Waals surface area (Å²) in [6.07, 6.45) is -3.69. The van der Waals surface area contributed by atoms with Crippen molar-refractivity contribution in [3.8, 4) is 17.1 Å². The van der Waals surface area contributed by atoms with Crippen molar-refractivity contribution in [2.24, 2.45) is 11.1 Å². The van der Waals surface area contributed by atoms with Crippen molar-refractivity contribution in [1.29, 1.82) is 0 Å². The molecule has 1 aromatic carbocycles. The molecule has 0 spiro atoms. The Morgan fingerprint density at radius 3 is 2.58 bits per heavy atom. The van der Waals surface area contributed by atoms with Gasteiger partial charge in [0.1, 0.15) is 18.5 Å². The van der Waals surface area contributed by atoms with Crippen molar-refractivity contribution in [2.45, 2.75) is 32.0 Å². The molecule has 1 saturated carbocycles. The zero-order chi connectivity index (χ0) is 22.6. The number of alkyl halides is 3. The molecule has 1 aliphatic rings. The Labute approximate surface area is 181 Å². The first-order valence-corrected chi connectivity index (χ1v) is 9.81. The fourth-order valence-electron chi connectivity index (χ4n) is 2.65. The smallest absolute Gasteiger partial charge is 0.425 e. The molecule has 1 fully saturated rings. The number of benzene rings is 1. The van der Waals surface area contributed by atoms with Crippen LogP contribution < -0.4 is 10.1 Å². The van der Waals surface area contributed by atoms with Gasteiger partial charge in [0.25, 0.3) is 5.91 Å². The summed E-state index contributed by atoms with van der Waals surface area (Å²) in [5, 5.41) is 7.04. The van der Waals surface area contributed by atoms with Gasteiger partial charge in [-0.2, -0.15) is 13.2 Å². The van der Waals surface area contributed by atoms with Gasteiger partial charge in [-0.3, -0.25) is 4.79 Å². The van der Waals surface area contributed by atoms with Crippen LogP contribution in [0.2, 0.25) is 5.02 Å². The lowest BCUT2D eigenvalue weighted by atomic mass is 10.1. The summed E-state index contributed by atoms with van der Waals surface area (Å²) < 4.78 is 43.9. The number of halogens is 4. The second kappa shape index (κ2) is 9.51. The lowest BCUT2D eigenvalue weighted by molar-refractivity contribution is -0.189.